The third-order valence-corrected chi connectivity index (χ3v) is 4.52. The fraction of sp³-hybridized carbons (Fsp3) is 0.125. The van der Waals surface area contributed by atoms with E-state index in [1.807, 2.05) is 0 Å². The average molecular weight is 367 g/mol. The third-order valence-electron chi connectivity index (χ3n) is 3.14. The lowest BCUT2D eigenvalue weighted by Gasteiger charge is -2.08. The Morgan fingerprint density at radius 3 is 2.08 bits per heavy atom. The Bertz CT molecular complexity index is 847. The zero-order valence-corrected chi connectivity index (χ0v) is 14.3. The summed E-state index contributed by atoms with van der Waals surface area (Å²) in [6, 6.07) is 12.2. The lowest BCUT2D eigenvalue weighted by atomic mass is 10.1. The van der Waals surface area contributed by atoms with Crippen LogP contribution in [0.5, 0.6) is 0 Å². The summed E-state index contributed by atoms with van der Waals surface area (Å²) in [7, 11) is -3.32. The molecule has 0 aliphatic rings. The van der Waals surface area contributed by atoms with E-state index >= 15 is 0 Å². The molecule has 6 nitrogen and oxygen atoms in total. The Balaban J connectivity index is 1.90. The summed E-state index contributed by atoms with van der Waals surface area (Å²) in [5.41, 5.74) is 5.56. The summed E-state index contributed by atoms with van der Waals surface area (Å²) in [6.07, 6.45) is 1.17. The van der Waals surface area contributed by atoms with Gasteiger partial charge in [0.25, 0.3) is 5.91 Å². The highest BCUT2D eigenvalue weighted by molar-refractivity contribution is 7.90. The number of nitrogens with one attached hydrogen (secondary N) is 2. The normalized spacial score (nSPS) is 10.9. The van der Waals surface area contributed by atoms with E-state index in [0.29, 0.717) is 5.02 Å². The molecule has 24 heavy (non-hydrogen) atoms. The molecule has 2 aromatic carbocycles. The Kier molecular flexibility index (Phi) is 5.58. The summed E-state index contributed by atoms with van der Waals surface area (Å²) in [5, 5.41) is 0.574. The van der Waals surface area contributed by atoms with Crippen LogP contribution < -0.4 is 10.9 Å². The lowest BCUT2D eigenvalue weighted by molar-refractivity contribution is -0.121. The molecule has 0 fully saturated rings. The first-order valence-electron chi connectivity index (χ1n) is 6.89. The summed E-state index contributed by atoms with van der Waals surface area (Å²) >= 11 is 5.76. The molecule has 2 rings (SSSR count). The van der Waals surface area contributed by atoms with Gasteiger partial charge in [0.1, 0.15) is 0 Å². The first-order valence-corrected chi connectivity index (χ1v) is 9.16. The molecule has 0 atom stereocenters. The number of benzene rings is 2. The molecule has 2 amide bonds. The van der Waals surface area contributed by atoms with Gasteiger partial charge in [-0.15, -0.1) is 0 Å². The molecule has 0 aromatic heterocycles. The first kappa shape index (κ1) is 18.0. The number of hydrogen-bond donors (Lipinski definition) is 2. The largest absolute Gasteiger partial charge is 0.273 e. The number of halogens is 1. The fourth-order valence-electron chi connectivity index (χ4n) is 1.88. The van der Waals surface area contributed by atoms with E-state index in [-0.39, 0.29) is 16.9 Å². The number of rotatable bonds is 4. The van der Waals surface area contributed by atoms with E-state index in [2.05, 4.69) is 10.9 Å². The minimum absolute atomic E-state index is 0.0878. The van der Waals surface area contributed by atoms with Gasteiger partial charge in [-0.05, 0) is 42.0 Å². The van der Waals surface area contributed by atoms with Crippen molar-refractivity contribution >= 4 is 33.3 Å². The molecule has 2 N–H and O–H groups in total. The number of carbonyl (C=O) groups excluding carboxylic acids is 2. The second-order valence-corrected chi connectivity index (χ2v) is 7.55. The van der Waals surface area contributed by atoms with Crippen LogP contribution in [0.4, 0.5) is 0 Å². The summed E-state index contributed by atoms with van der Waals surface area (Å²) < 4.78 is 22.7. The monoisotopic (exact) mass is 366 g/mol. The van der Waals surface area contributed by atoms with Crippen molar-refractivity contribution in [1.82, 2.24) is 10.9 Å². The Morgan fingerprint density at radius 1 is 0.958 bits per heavy atom. The van der Waals surface area contributed by atoms with Crippen molar-refractivity contribution in [2.45, 2.75) is 11.3 Å². The Hall–Kier alpha value is -2.38. The van der Waals surface area contributed by atoms with Crippen molar-refractivity contribution < 1.29 is 18.0 Å². The molecule has 0 saturated carbocycles. The molecule has 126 valence electrons. The zero-order valence-electron chi connectivity index (χ0n) is 12.7. The van der Waals surface area contributed by atoms with E-state index in [9.17, 15) is 18.0 Å². The van der Waals surface area contributed by atoms with E-state index < -0.39 is 21.7 Å². The minimum atomic E-state index is -3.32. The van der Waals surface area contributed by atoms with Crippen LogP contribution in [0.3, 0.4) is 0 Å². The molecule has 2 aromatic rings. The van der Waals surface area contributed by atoms with Gasteiger partial charge in [0.05, 0.1) is 11.3 Å². The molecule has 0 spiro atoms. The van der Waals surface area contributed by atoms with Crippen molar-refractivity contribution in [2.75, 3.05) is 6.26 Å². The van der Waals surface area contributed by atoms with Crippen molar-refractivity contribution in [3.63, 3.8) is 0 Å². The van der Waals surface area contributed by atoms with Gasteiger partial charge >= 0.3 is 0 Å². The highest BCUT2D eigenvalue weighted by Crippen LogP contribution is 2.11. The predicted molar refractivity (Wildman–Crippen MR) is 90.3 cm³/mol. The van der Waals surface area contributed by atoms with Gasteiger partial charge in [0.2, 0.25) is 5.91 Å². The van der Waals surface area contributed by atoms with E-state index in [4.69, 9.17) is 11.6 Å². The zero-order chi connectivity index (χ0) is 17.7. The molecule has 0 aliphatic heterocycles. The fourth-order valence-corrected chi connectivity index (χ4v) is 2.64. The smallest absolute Gasteiger partial charge is 0.269 e. The first-order chi connectivity index (χ1) is 11.3. The number of hydrazine groups is 1. The molecule has 8 heteroatoms. The summed E-state index contributed by atoms with van der Waals surface area (Å²) in [6.45, 7) is 0. The van der Waals surface area contributed by atoms with Crippen LogP contribution in [-0.4, -0.2) is 26.5 Å². The van der Waals surface area contributed by atoms with Crippen LogP contribution in [-0.2, 0) is 21.1 Å². The van der Waals surface area contributed by atoms with Gasteiger partial charge in [0.15, 0.2) is 9.84 Å². The highest BCUT2D eigenvalue weighted by Gasteiger charge is 2.11. The van der Waals surface area contributed by atoms with Crippen LogP contribution in [0.25, 0.3) is 0 Å². The number of hydrogen-bond acceptors (Lipinski definition) is 4. The topological polar surface area (TPSA) is 92.3 Å². The standard InChI is InChI=1S/C16H15ClN2O4S/c1-24(22,23)14-8-4-12(5-9-14)16(21)19-18-15(20)10-11-2-6-13(17)7-3-11/h2-9H,10H2,1H3,(H,18,20)(H,19,21). The van der Waals surface area contributed by atoms with E-state index in [1.165, 1.54) is 24.3 Å². The second kappa shape index (κ2) is 7.46. The van der Waals surface area contributed by atoms with Crippen molar-refractivity contribution in [3.8, 4) is 0 Å². The molecule has 0 saturated heterocycles. The summed E-state index contributed by atoms with van der Waals surface area (Å²) in [5.74, 6) is -0.932. The van der Waals surface area contributed by atoms with Crippen LogP contribution >= 0.6 is 11.6 Å². The SMILES string of the molecule is CS(=O)(=O)c1ccc(C(=O)NNC(=O)Cc2ccc(Cl)cc2)cc1. The number of sulfone groups is 1. The highest BCUT2D eigenvalue weighted by atomic mass is 35.5. The van der Waals surface area contributed by atoms with Gasteiger partial charge in [-0.3, -0.25) is 20.4 Å². The van der Waals surface area contributed by atoms with Crippen LogP contribution in [0, 0.1) is 0 Å². The molecular formula is C16H15ClN2O4S. The van der Waals surface area contributed by atoms with Crippen LogP contribution in [0.15, 0.2) is 53.4 Å². The van der Waals surface area contributed by atoms with Crippen molar-refractivity contribution in [1.29, 1.82) is 0 Å². The Labute approximate surface area is 144 Å². The quantitative estimate of drug-likeness (QED) is 0.806. The maximum Gasteiger partial charge on any atom is 0.269 e. The number of carbonyl (C=O) groups is 2. The molecular weight excluding hydrogens is 352 g/mol. The van der Waals surface area contributed by atoms with Crippen molar-refractivity contribution in [2.24, 2.45) is 0 Å². The molecule has 0 bridgehead atoms. The van der Waals surface area contributed by atoms with Gasteiger partial charge < -0.3 is 0 Å². The predicted octanol–water partition coefficient (Wildman–Crippen LogP) is 1.75. The molecule has 0 unspecified atom stereocenters. The minimum Gasteiger partial charge on any atom is -0.273 e. The molecule has 0 heterocycles. The van der Waals surface area contributed by atoms with Crippen LogP contribution in [0.2, 0.25) is 5.02 Å². The van der Waals surface area contributed by atoms with Crippen molar-refractivity contribution in [3.05, 3.63) is 64.7 Å². The number of amides is 2. The molecule has 0 aliphatic carbocycles. The average Bonchev–Trinajstić information content (AvgIpc) is 2.54. The maximum atomic E-state index is 11.9. The van der Waals surface area contributed by atoms with Gasteiger partial charge in [-0.1, -0.05) is 23.7 Å². The lowest BCUT2D eigenvalue weighted by Crippen LogP contribution is -2.42. The molecule has 0 radical (unpaired) electrons. The van der Waals surface area contributed by atoms with E-state index in [1.54, 1.807) is 24.3 Å². The summed E-state index contributed by atoms with van der Waals surface area (Å²) in [4.78, 5) is 23.8. The van der Waals surface area contributed by atoms with Gasteiger partial charge in [0, 0.05) is 16.8 Å². The van der Waals surface area contributed by atoms with Crippen LogP contribution in [0.1, 0.15) is 15.9 Å². The van der Waals surface area contributed by atoms with Gasteiger partial charge in [-0.2, -0.15) is 0 Å². The third kappa shape index (κ3) is 5.07. The Morgan fingerprint density at radius 2 is 1.54 bits per heavy atom. The van der Waals surface area contributed by atoms with E-state index in [0.717, 1.165) is 11.8 Å². The van der Waals surface area contributed by atoms with Gasteiger partial charge in [-0.25, -0.2) is 8.42 Å². The second-order valence-electron chi connectivity index (χ2n) is 5.10. The maximum absolute atomic E-state index is 11.9.